The fourth-order valence-electron chi connectivity index (χ4n) is 2.64. The molecule has 19 heavy (non-hydrogen) atoms. The molecule has 1 aliphatic carbocycles. The molecule has 3 heteroatoms. The monoisotopic (exact) mass is 268 g/mol. The molecule has 0 aromatic heterocycles. The summed E-state index contributed by atoms with van der Waals surface area (Å²) in [7, 11) is 0. The van der Waals surface area contributed by atoms with E-state index in [4.69, 9.17) is 5.73 Å². The maximum atomic E-state index is 12.7. The topological polar surface area (TPSA) is 46.3 Å². The lowest BCUT2D eigenvalue weighted by atomic mass is 9.86. The molecule has 1 aliphatic rings. The van der Waals surface area contributed by atoms with Gasteiger partial charge in [-0.3, -0.25) is 4.79 Å². The maximum Gasteiger partial charge on any atom is 0.240 e. The fourth-order valence-corrected chi connectivity index (χ4v) is 2.64. The van der Waals surface area contributed by atoms with Gasteiger partial charge < -0.3 is 10.6 Å². The van der Waals surface area contributed by atoms with Crippen molar-refractivity contribution in [1.82, 2.24) is 4.90 Å². The fraction of sp³-hybridized carbons (Fsp3) is 0.938. The highest BCUT2D eigenvalue weighted by Crippen LogP contribution is 2.27. The highest BCUT2D eigenvalue weighted by Gasteiger charge is 2.34. The average molecular weight is 268 g/mol. The molecule has 1 rings (SSSR count). The van der Waals surface area contributed by atoms with Crippen molar-refractivity contribution in [1.29, 1.82) is 0 Å². The molecule has 0 spiro atoms. The van der Waals surface area contributed by atoms with E-state index in [1.54, 1.807) is 0 Å². The predicted molar refractivity (Wildman–Crippen MR) is 80.9 cm³/mol. The molecule has 0 aromatic rings. The van der Waals surface area contributed by atoms with E-state index >= 15 is 0 Å². The average Bonchev–Trinajstić information content (AvgIpc) is 2.80. The predicted octanol–water partition coefficient (Wildman–Crippen LogP) is 3.18. The van der Waals surface area contributed by atoms with E-state index in [9.17, 15) is 4.79 Å². The molecule has 0 aliphatic heterocycles. The highest BCUT2D eigenvalue weighted by molar-refractivity contribution is 5.82. The SMILES string of the molecule is CC(C)CCN(C(=O)C(N)C(C)(C)C)C1CCCC1. The van der Waals surface area contributed by atoms with Crippen molar-refractivity contribution in [3.63, 3.8) is 0 Å². The zero-order valence-electron chi connectivity index (χ0n) is 13.4. The summed E-state index contributed by atoms with van der Waals surface area (Å²) in [5.41, 5.74) is 6.02. The molecule has 1 amide bonds. The number of nitrogens with two attached hydrogens (primary N) is 1. The van der Waals surface area contributed by atoms with Crippen molar-refractivity contribution in [2.45, 2.75) is 78.8 Å². The quantitative estimate of drug-likeness (QED) is 0.832. The summed E-state index contributed by atoms with van der Waals surface area (Å²) < 4.78 is 0. The Bertz CT molecular complexity index is 288. The molecule has 3 nitrogen and oxygen atoms in total. The van der Waals surface area contributed by atoms with Crippen LogP contribution in [0.1, 0.15) is 66.7 Å². The van der Waals surface area contributed by atoms with Gasteiger partial charge in [0.15, 0.2) is 0 Å². The standard InChI is InChI=1S/C16H32N2O/c1-12(2)10-11-18(13-8-6-7-9-13)15(19)14(17)16(3,4)5/h12-14H,6-11,17H2,1-5H3. The summed E-state index contributed by atoms with van der Waals surface area (Å²) >= 11 is 0. The Balaban J connectivity index is 2.74. The van der Waals surface area contributed by atoms with Gasteiger partial charge in [-0.25, -0.2) is 0 Å². The molecule has 0 aromatic carbocycles. The molecule has 1 saturated carbocycles. The van der Waals surface area contributed by atoms with Crippen molar-refractivity contribution >= 4 is 5.91 Å². The van der Waals surface area contributed by atoms with Crippen LogP contribution in [0.4, 0.5) is 0 Å². The second kappa shape index (κ2) is 6.74. The minimum Gasteiger partial charge on any atom is -0.338 e. The summed E-state index contributed by atoms with van der Waals surface area (Å²) in [5.74, 6) is 0.780. The molecule has 0 saturated heterocycles. The van der Waals surface area contributed by atoms with Crippen molar-refractivity contribution in [2.75, 3.05) is 6.54 Å². The Labute approximate surface area is 118 Å². The van der Waals surface area contributed by atoms with Crippen molar-refractivity contribution in [3.8, 4) is 0 Å². The first-order chi connectivity index (χ1) is 8.73. The van der Waals surface area contributed by atoms with Crippen LogP contribution in [0.25, 0.3) is 0 Å². The largest absolute Gasteiger partial charge is 0.338 e. The summed E-state index contributed by atoms with van der Waals surface area (Å²) in [4.78, 5) is 14.8. The van der Waals surface area contributed by atoms with E-state index in [2.05, 4.69) is 18.7 Å². The molecule has 0 heterocycles. The molecular weight excluding hydrogens is 236 g/mol. The Morgan fingerprint density at radius 3 is 2.21 bits per heavy atom. The molecule has 1 atom stereocenters. The highest BCUT2D eigenvalue weighted by atomic mass is 16.2. The van der Waals surface area contributed by atoms with Gasteiger partial charge in [0, 0.05) is 12.6 Å². The lowest BCUT2D eigenvalue weighted by Gasteiger charge is -2.36. The van der Waals surface area contributed by atoms with Crippen LogP contribution in [0.2, 0.25) is 0 Å². The first kappa shape index (κ1) is 16.5. The van der Waals surface area contributed by atoms with E-state index in [-0.39, 0.29) is 17.4 Å². The van der Waals surface area contributed by atoms with Crippen LogP contribution < -0.4 is 5.73 Å². The Kier molecular flexibility index (Phi) is 5.84. The number of amides is 1. The number of carbonyl (C=O) groups excluding carboxylic acids is 1. The van der Waals surface area contributed by atoms with E-state index in [1.165, 1.54) is 12.8 Å². The summed E-state index contributed by atoms with van der Waals surface area (Å²) in [5, 5.41) is 0. The third-order valence-corrected chi connectivity index (χ3v) is 4.19. The second-order valence-electron chi connectivity index (χ2n) is 7.50. The van der Waals surface area contributed by atoms with Crippen LogP contribution in [-0.4, -0.2) is 29.4 Å². The normalized spacial score (nSPS) is 18.9. The first-order valence-electron chi connectivity index (χ1n) is 7.79. The zero-order chi connectivity index (χ0) is 14.6. The molecule has 2 N–H and O–H groups in total. The number of rotatable bonds is 5. The summed E-state index contributed by atoms with van der Waals surface area (Å²) in [6.07, 6.45) is 5.88. The molecule has 1 fully saturated rings. The number of nitrogens with zero attached hydrogens (tertiary/aromatic N) is 1. The third-order valence-electron chi connectivity index (χ3n) is 4.19. The van der Waals surface area contributed by atoms with Gasteiger partial charge in [0.2, 0.25) is 5.91 Å². The molecule has 112 valence electrons. The summed E-state index contributed by atoms with van der Waals surface area (Å²) in [6.45, 7) is 11.4. The Morgan fingerprint density at radius 1 is 1.26 bits per heavy atom. The molecule has 0 bridgehead atoms. The second-order valence-corrected chi connectivity index (χ2v) is 7.50. The van der Waals surface area contributed by atoms with Gasteiger partial charge in [0.25, 0.3) is 0 Å². The summed E-state index contributed by atoms with van der Waals surface area (Å²) in [6, 6.07) is 0.0416. The van der Waals surface area contributed by atoms with Gasteiger partial charge in [0.1, 0.15) is 0 Å². The Hall–Kier alpha value is -0.570. The molecule has 0 radical (unpaired) electrons. The maximum absolute atomic E-state index is 12.7. The van der Waals surface area contributed by atoms with Crippen LogP contribution in [-0.2, 0) is 4.79 Å². The lowest BCUT2D eigenvalue weighted by Crippen LogP contribution is -2.53. The van der Waals surface area contributed by atoms with E-state index < -0.39 is 0 Å². The van der Waals surface area contributed by atoms with Crippen molar-refractivity contribution in [3.05, 3.63) is 0 Å². The van der Waals surface area contributed by atoms with Crippen molar-refractivity contribution < 1.29 is 4.79 Å². The van der Waals surface area contributed by atoms with Gasteiger partial charge in [-0.1, -0.05) is 47.5 Å². The van der Waals surface area contributed by atoms with Crippen LogP contribution >= 0.6 is 0 Å². The number of carbonyl (C=O) groups is 1. The van der Waals surface area contributed by atoms with E-state index in [0.29, 0.717) is 12.0 Å². The lowest BCUT2D eigenvalue weighted by molar-refractivity contribution is -0.137. The van der Waals surface area contributed by atoms with Gasteiger partial charge in [-0.2, -0.15) is 0 Å². The van der Waals surface area contributed by atoms with Gasteiger partial charge in [0.05, 0.1) is 6.04 Å². The van der Waals surface area contributed by atoms with Crippen molar-refractivity contribution in [2.24, 2.45) is 17.1 Å². The van der Waals surface area contributed by atoms with Gasteiger partial charge in [-0.15, -0.1) is 0 Å². The van der Waals surface area contributed by atoms with Crippen LogP contribution in [0.5, 0.6) is 0 Å². The van der Waals surface area contributed by atoms with E-state index in [1.807, 2.05) is 20.8 Å². The number of hydrogen-bond donors (Lipinski definition) is 1. The van der Waals surface area contributed by atoms with Crippen LogP contribution in [0, 0.1) is 11.3 Å². The minimum absolute atomic E-state index is 0.153. The number of hydrogen-bond acceptors (Lipinski definition) is 2. The van der Waals surface area contributed by atoms with Gasteiger partial charge >= 0.3 is 0 Å². The zero-order valence-corrected chi connectivity index (χ0v) is 13.4. The smallest absolute Gasteiger partial charge is 0.240 e. The van der Waals surface area contributed by atoms with E-state index in [0.717, 1.165) is 25.8 Å². The van der Waals surface area contributed by atoms with Gasteiger partial charge in [-0.05, 0) is 30.6 Å². The third kappa shape index (κ3) is 4.79. The van der Waals surface area contributed by atoms with Crippen LogP contribution in [0.3, 0.4) is 0 Å². The minimum atomic E-state index is -0.389. The Morgan fingerprint density at radius 2 is 1.79 bits per heavy atom. The first-order valence-corrected chi connectivity index (χ1v) is 7.79. The van der Waals surface area contributed by atoms with Crippen LogP contribution in [0.15, 0.2) is 0 Å². The molecule has 1 unspecified atom stereocenters. The molecular formula is C16H32N2O.